The van der Waals surface area contributed by atoms with Crippen LogP contribution in [0.5, 0.6) is 46.0 Å². The lowest BCUT2D eigenvalue weighted by Gasteiger charge is -2.42. The first-order chi connectivity index (χ1) is 54.9. The Bertz CT molecular complexity index is 5250. The molecule has 14 aromatic carbocycles. The van der Waals surface area contributed by atoms with Gasteiger partial charge in [-0.15, -0.1) is 0 Å². The Kier molecular flexibility index (Phi) is 22.2. The lowest BCUT2D eigenvalue weighted by molar-refractivity contribution is 0.125. The van der Waals surface area contributed by atoms with E-state index in [1.165, 1.54) is 11.1 Å². The van der Waals surface area contributed by atoms with Crippen molar-refractivity contribution < 1.29 is 37.9 Å². The van der Waals surface area contributed by atoms with Gasteiger partial charge in [0.25, 0.3) is 0 Å². The van der Waals surface area contributed by atoms with Gasteiger partial charge >= 0.3 is 0 Å². The lowest BCUT2D eigenvalue weighted by Crippen LogP contribution is -2.41. The summed E-state index contributed by atoms with van der Waals surface area (Å²) in [4.78, 5) is 5.25. The Morgan fingerprint density at radius 3 is 0.839 bits per heavy atom. The fourth-order valence-electron chi connectivity index (χ4n) is 17.0. The Morgan fingerprint density at radius 2 is 0.554 bits per heavy atom. The van der Waals surface area contributed by atoms with Crippen LogP contribution < -0.4 is 37.9 Å². The fourth-order valence-corrected chi connectivity index (χ4v) is 17.0. The van der Waals surface area contributed by atoms with Crippen molar-refractivity contribution in [2.24, 2.45) is 0 Å². The van der Waals surface area contributed by atoms with Crippen LogP contribution in [-0.2, 0) is 65.6 Å². The maximum Gasteiger partial charge on any atom is 0.139 e. The molecule has 562 valence electrons. The number of benzene rings is 14. The molecular formula is C102H96N2O8. The summed E-state index contributed by atoms with van der Waals surface area (Å²) in [5.41, 5.74) is 20.6. The zero-order valence-electron chi connectivity index (χ0n) is 65.3. The monoisotopic (exact) mass is 1480 g/mol. The summed E-state index contributed by atoms with van der Waals surface area (Å²) in [5, 5.41) is 3.45. The van der Waals surface area contributed by atoms with Crippen LogP contribution in [0.3, 0.4) is 0 Å². The molecule has 0 aromatic heterocycles. The van der Waals surface area contributed by atoms with Crippen LogP contribution in [0.1, 0.15) is 118 Å². The van der Waals surface area contributed by atoms with Crippen LogP contribution in [0, 0.1) is 13.8 Å². The predicted molar refractivity (Wildman–Crippen MR) is 452 cm³/mol. The number of ether oxygens (including phenoxy) is 8. The molecule has 2 aliphatic rings. The molecule has 112 heavy (non-hydrogen) atoms. The highest BCUT2D eigenvalue weighted by Gasteiger charge is 2.40. The van der Waals surface area contributed by atoms with Crippen molar-refractivity contribution in [3.63, 3.8) is 0 Å². The van der Waals surface area contributed by atoms with Crippen molar-refractivity contribution in [3.8, 4) is 79.4 Å². The van der Waals surface area contributed by atoms with Gasteiger partial charge in [0.2, 0.25) is 0 Å². The van der Waals surface area contributed by atoms with E-state index in [9.17, 15) is 0 Å². The van der Waals surface area contributed by atoms with Crippen molar-refractivity contribution >= 4 is 21.5 Å². The van der Waals surface area contributed by atoms with E-state index in [4.69, 9.17) is 37.9 Å². The third-order valence-electron chi connectivity index (χ3n) is 22.4. The predicted octanol–water partition coefficient (Wildman–Crippen LogP) is 24.1. The summed E-state index contributed by atoms with van der Waals surface area (Å²) in [6.45, 7) is 17.0. The molecule has 14 aromatic rings. The molecule has 0 fully saturated rings. The van der Waals surface area contributed by atoms with Gasteiger partial charge in [-0.25, -0.2) is 0 Å². The second kappa shape index (κ2) is 33.6. The number of aryl methyl sites for hydroxylation is 2. The van der Waals surface area contributed by atoms with Gasteiger partial charge in [0, 0.05) is 82.8 Å². The third kappa shape index (κ3) is 15.7. The van der Waals surface area contributed by atoms with Crippen molar-refractivity contribution in [2.75, 3.05) is 14.2 Å². The van der Waals surface area contributed by atoms with Crippen molar-refractivity contribution in [3.05, 3.63) is 369 Å². The molecule has 0 bridgehead atoms. The smallest absolute Gasteiger partial charge is 0.139 e. The largest absolute Gasteiger partial charge is 0.496 e. The number of methoxy groups -OCH3 is 2. The molecule has 2 aliphatic heterocycles. The maximum absolute atomic E-state index is 7.76. The molecule has 0 saturated carbocycles. The first-order valence-corrected chi connectivity index (χ1v) is 39.2. The molecule has 0 unspecified atom stereocenters. The number of nitrogens with zero attached hydrogens (tertiary/aromatic N) is 2. The van der Waals surface area contributed by atoms with Gasteiger partial charge in [-0.2, -0.15) is 0 Å². The summed E-state index contributed by atoms with van der Waals surface area (Å²) >= 11 is 0. The van der Waals surface area contributed by atoms with Crippen LogP contribution in [0.2, 0.25) is 0 Å². The van der Waals surface area contributed by atoms with E-state index < -0.39 is 0 Å². The molecule has 10 heteroatoms. The lowest BCUT2D eigenvalue weighted by atomic mass is 9.79. The zero-order valence-corrected chi connectivity index (χ0v) is 65.3. The van der Waals surface area contributed by atoms with E-state index in [-0.39, 0.29) is 37.4 Å². The average Bonchev–Trinajstić information content (AvgIpc) is 0.713. The first-order valence-electron chi connectivity index (χ1n) is 39.2. The van der Waals surface area contributed by atoms with E-state index in [1.54, 1.807) is 14.2 Å². The van der Waals surface area contributed by atoms with E-state index >= 15 is 0 Å². The summed E-state index contributed by atoms with van der Waals surface area (Å²) in [5.74, 6) is 5.47. The highest BCUT2D eigenvalue weighted by molar-refractivity contribution is 6.14. The summed E-state index contributed by atoms with van der Waals surface area (Å²) < 4.78 is 58.8. The molecule has 10 nitrogen and oxygen atoms in total. The molecule has 0 amide bonds. The zero-order chi connectivity index (χ0) is 76.6. The number of rotatable bonds is 27. The van der Waals surface area contributed by atoms with E-state index in [2.05, 4.69) is 330 Å². The topological polar surface area (TPSA) is 80.3 Å². The molecule has 16 rings (SSSR count). The second-order valence-electron chi connectivity index (χ2n) is 30.1. The minimum absolute atomic E-state index is 0.0652. The standard InChI is InChI=1S/C102H96N2O8/c1-67-49-81-83(97-87-53-69(3)103(59-73-33-17-9-18-34-73)71(5)95(87)91(107-61-75-37-21-11-22-38-75)57-93(97)109-63-77-41-25-13-26-42-77)55-85(101(99(81)89(51-67)105-7)111-65-79-45-29-15-30-46-79)86-56-84(82-50-68(2)52-90(106-8)100(82)102(86)112-66-80-47-31-16-32-48-80)98-88-54-70(4)104(60-74-35-19-10-20-36-74)72(6)96(88)92(108-62-76-39-23-12-24-40-76)58-94(98)110-64-78-43-27-14-28-44-78/h9-52,55-58,69-72H,53-54,59-66H2,1-8H3/t69-,70-,71-,72-/m1/s1. The highest BCUT2D eigenvalue weighted by atomic mass is 16.5. The molecule has 0 aliphatic carbocycles. The average molecular weight is 1480 g/mol. The van der Waals surface area contributed by atoms with Gasteiger partial charge in [0.15, 0.2) is 0 Å². The molecule has 0 saturated heterocycles. The van der Waals surface area contributed by atoms with Crippen molar-refractivity contribution in [1.82, 2.24) is 9.80 Å². The Morgan fingerprint density at radius 1 is 0.286 bits per heavy atom. The summed E-state index contributed by atoms with van der Waals surface area (Å²) in [7, 11) is 3.54. The van der Waals surface area contributed by atoms with Crippen molar-refractivity contribution in [2.45, 2.75) is 131 Å². The molecule has 0 N–H and O–H groups in total. The Balaban J connectivity index is 1.04. The minimum Gasteiger partial charge on any atom is -0.496 e. The van der Waals surface area contributed by atoms with Gasteiger partial charge in [-0.3, -0.25) is 9.80 Å². The normalized spacial score (nSPS) is 15.5. The van der Waals surface area contributed by atoms with Crippen LogP contribution in [0.4, 0.5) is 0 Å². The van der Waals surface area contributed by atoms with Crippen LogP contribution in [-0.4, -0.2) is 36.1 Å². The third-order valence-corrected chi connectivity index (χ3v) is 22.4. The number of fused-ring (bicyclic) bond motifs is 4. The van der Waals surface area contributed by atoms with Crippen molar-refractivity contribution in [1.29, 1.82) is 0 Å². The minimum atomic E-state index is -0.116. The van der Waals surface area contributed by atoms with Gasteiger partial charge in [0.1, 0.15) is 85.6 Å². The van der Waals surface area contributed by atoms with Gasteiger partial charge in [-0.1, -0.05) is 255 Å². The van der Waals surface area contributed by atoms with Gasteiger partial charge in [-0.05, 0) is 167 Å². The van der Waals surface area contributed by atoms with Crippen LogP contribution in [0.15, 0.2) is 291 Å². The first kappa shape index (κ1) is 74.0. The van der Waals surface area contributed by atoms with E-state index in [0.717, 1.165) is 146 Å². The van der Waals surface area contributed by atoms with Gasteiger partial charge in [0.05, 0.1) is 25.0 Å². The molecule has 0 radical (unpaired) electrons. The van der Waals surface area contributed by atoms with E-state index in [0.29, 0.717) is 73.8 Å². The summed E-state index contributed by atoms with van der Waals surface area (Å²) in [6.07, 6.45) is 1.34. The fraction of sp³-hybridized carbons (Fsp3) is 0.216. The highest BCUT2D eigenvalue weighted by Crippen LogP contribution is 2.59. The van der Waals surface area contributed by atoms with Gasteiger partial charge < -0.3 is 37.9 Å². The quantitative estimate of drug-likeness (QED) is 0.0497. The second-order valence-corrected chi connectivity index (χ2v) is 30.1. The number of hydrogen-bond acceptors (Lipinski definition) is 10. The molecular weight excluding hydrogens is 1380 g/mol. The van der Waals surface area contributed by atoms with Crippen LogP contribution in [0.25, 0.3) is 54.9 Å². The Labute approximate surface area is 659 Å². The van der Waals surface area contributed by atoms with Crippen LogP contribution >= 0.6 is 0 Å². The Hall–Kier alpha value is -12.1. The SMILES string of the molecule is COc1cc(C)cc2c(-c3c(OCc4ccccc4)cc(OCc4ccccc4)c4c3C[C@@H](C)N(Cc3ccccc3)[C@@H]4C)cc(-c3cc(-c4c(OCc5ccccc5)cc(OCc5ccccc5)c5c4C[C@@H](C)N(Cc4ccccc4)[C@@H]5C)c4cc(C)cc(OC)c4c3OCc3ccccc3)c(OCc3ccccc3)c12. The number of hydrogen-bond donors (Lipinski definition) is 0. The molecule has 2 heterocycles. The molecule has 4 atom stereocenters. The molecule has 0 spiro atoms. The summed E-state index contributed by atoms with van der Waals surface area (Å²) in [6, 6.07) is 102. The maximum atomic E-state index is 7.76. The van der Waals surface area contributed by atoms with E-state index in [1.807, 2.05) is 12.1 Å².